The Kier molecular flexibility index (Phi) is 5.14. The van der Waals surface area contributed by atoms with Crippen molar-refractivity contribution in [3.05, 3.63) is 54.1 Å². The van der Waals surface area contributed by atoms with Crippen molar-refractivity contribution in [1.82, 2.24) is 14.3 Å². The summed E-state index contributed by atoms with van der Waals surface area (Å²) in [4.78, 5) is 4.18. The second-order valence-electron chi connectivity index (χ2n) is 4.94. The van der Waals surface area contributed by atoms with Gasteiger partial charge in [0.15, 0.2) is 0 Å². The maximum atomic E-state index is 11.9. The summed E-state index contributed by atoms with van der Waals surface area (Å²) in [5.74, 6) is 1.01. The van der Waals surface area contributed by atoms with Crippen molar-refractivity contribution in [3.8, 4) is 0 Å². The number of benzene rings is 1. The summed E-state index contributed by atoms with van der Waals surface area (Å²) in [6, 6.07) is 9.44. The van der Waals surface area contributed by atoms with E-state index in [9.17, 15) is 8.42 Å². The minimum Gasteiger partial charge on any atom is -0.335 e. The smallest absolute Gasteiger partial charge is 0.211 e. The van der Waals surface area contributed by atoms with Gasteiger partial charge in [-0.1, -0.05) is 30.3 Å². The Balaban J connectivity index is 2.14. The van der Waals surface area contributed by atoms with Gasteiger partial charge in [-0.3, -0.25) is 0 Å². The van der Waals surface area contributed by atoms with Crippen LogP contribution in [-0.2, 0) is 16.6 Å². The average molecular weight is 307 g/mol. The number of sulfonamides is 1. The number of hydrogen-bond donors (Lipinski definition) is 1. The lowest BCUT2D eigenvalue weighted by atomic mass is 10.1. The number of imidazole rings is 1. The van der Waals surface area contributed by atoms with E-state index >= 15 is 0 Å². The van der Waals surface area contributed by atoms with Crippen LogP contribution >= 0.6 is 0 Å². The first-order valence-electron chi connectivity index (χ1n) is 7.04. The van der Waals surface area contributed by atoms with E-state index in [4.69, 9.17) is 0 Å². The normalized spacial score (nSPS) is 13.2. The van der Waals surface area contributed by atoms with Crippen LogP contribution in [0.1, 0.15) is 30.8 Å². The molecule has 1 N–H and O–H groups in total. The molecule has 5 nitrogen and oxygen atoms in total. The summed E-state index contributed by atoms with van der Waals surface area (Å²) in [6.07, 6.45) is 4.34. The molecule has 1 atom stereocenters. The molecular formula is C15H21N3O2S. The van der Waals surface area contributed by atoms with Gasteiger partial charge in [-0.25, -0.2) is 18.1 Å². The van der Waals surface area contributed by atoms with E-state index in [1.54, 1.807) is 13.1 Å². The first kappa shape index (κ1) is 15.7. The van der Waals surface area contributed by atoms with E-state index in [0.717, 1.165) is 17.9 Å². The lowest BCUT2D eigenvalue weighted by Crippen LogP contribution is -2.30. The third kappa shape index (κ3) is 4.41. The molecule has 0 saturated carbocycles. The molecule has 0 saturated heterocycles. The Morgan fingerprint density at radius 3 is 2.57 bits per heavy atom. The number of rotatable bonds is 7. The van der Waals surface area contributed by atoms with E-state index < -0.39 is 10.0 Å². The van der Waals surface area contributed by atoms with E-state index in [1.807, 2.05) is 48.0 Å². The molecule has 0 radical (unpaired) electrons. The van der Waals surface area contributed by atoms with Crippen LogP contribution in [0.2, 0.25) is 0 Å². The van der Waals surface area contributed by atoms with Crippen LogP contribution in [0.3, 0.4) is 0 Å². The minimum absolute atomic E-state index is 0.0838. The molecule has 1 aromatic heterocycles. The van der Waals surface area contributed by atoms with Gasteiger partial charge in [-0.15, -0.1) is 0 Å². The van der Waals surface area contributed by atoms with Gasteiger partial charge in [0.2, 0.25) is 10.0 Å². The van der Waals surface area contributed by atoms with Crippen LogP contribution in [0.25, 0.3) is 0 Å². The predicted molar refractivity (Wildman–Crippen MR) is 83.4 cm³/mol. The Morgan fingerprint density at radius 2 is 2.00 bits per heavy atom. The molecule has 0 aliphatic rings. The summed E-state index contributed by atoms with van der Waals surface area (Å²) in [6.45, 7) is 4.30. The zero-order chi connectivity index (χ0) is 15.3. The molecule has 0 aliphatic carbocycles. The van der Waals surface area contributed by atoms with Gasteiger partial charge >= 0.3 is 0 Å². The molecule has 0 amide bonds. The summed E-state index contributed by atoms with van der Waals surface area (Å²) < 4.78 is 28.6. The van der Waals surface area contributed by atoms with E-state index in [-0.39, 0.29) is 11.8 Å². The zero-order valence-electron chi connectivity index (χ0n) is 12.4. The molecule has 2 rings (SSSR count). The second-order valence-corrected chi connectivity index (χ2v) is 6.98. The van der Waals surface area contributed by atoms with Crippen molar-refractivity contribution < 1.29 is 8.42 Å². The Bertz CT molecular complexity index is 665. The van der Waals surface area contributed by atoms with Gasteiger partial charge in [0.1, 0.15) is 5.82 Å². The van der Waals surface area contributed by atoms with Gasteiger partial charge in [0.05, 0.1) is 5.75 Å². The highest BCUT2D eigenvalue weighted by Gasteiger charge is 2.18. The SMILES string of the molecule is CCS(=O)(=O)NC(CCn1ccnc1C)c1ccccc1. The summed E-state index contributed by atoms with van der Waals surface area (Å²) in [5.41, 5.74) is 0.979. The minimum atomic E-state index is -3.24. The van der Waals surface area contributed by atoms with Crippen molar-refractivity contribution in [3.63, 3.8) is 0 Å². The molecule has 6 heteroatoms. The number of aromatic nitrogens is 2. The number of hydrogen-bond acceptors (Lipinski definition) is 3. The molecule has 1 heterocycles. The zero-order valence-corrected chi connectivity index (χ0v) is 13.2. The summed E-state index contributed by atoms with van der Waals surface area (Å²) >= 11 is 0. The quantitative estimate of drug-likeness (QED) is 0.853. The molecule has 0 aliphatic heterocycles. The van der Waals surface area contributed by atoms with E-state index in [2.05, 4.69) is 9.71 Å². The monoisotopic (exact) mass is 307 g/mol. The average Bonchev–Trinajstić information content (AvgIpc) is 2.90. The van der Waals surface area contributed by atoms with Gasteiger partial charge in [0, 0.05) is 25.0 Å². The largest absolute Gasteiger partial charge is 0.335 e. The number of nitrogens with zero attached hydrogens (tertiary/aromatic N) is 2. The van der Waals surface area contributed by atoms with E-state index in [1.165, 1.54) is 0 Å². The van der Waals surface area contributed by atoms with Gasteiger partial charge in [-0.05, 0) is 25.8 Å². The fourth-order valence-corrected chi connectivity index (χ4v) is 3.04. The molecule has 2 aromatic rings. The predicted octanol–water partition coefficient (Wildman–Crippen LogP) is 2.26. The van der Waals surface area contributed by atoms with Crippen molar-refractivity contribution in [2.45, 2.75) is 32.9 Å². The second kappa shape index (κ2) is 6.87. The van der Waals surface area contributed by atoms with Crippen LogP contribution in [0, 0.1) is 6.92 Å². The highest BCUT2D eigenvalue weighted by molar-refractivity contribution is 7.89. The molecular weight excluding hydrogens is 286 g/mol. The molecule has 21 heavy (non-hydrogen) atoms. The molecule has 0 spiro atoms. The van der Waals surface area contributed by atoms with Crippen LogP contribution in [0.15, 0.2) is 42.7 Å². The molecule has 114 valence electrons. The maximum absolute atomic E-state index is 11.9. The molecule has 0 bridgehead atoms. The Morgan fingerprint density at radius 1 is 1.29 bits per heavy atom. The first-order valence-corrected chi connectivity index (χ1v) is 8.69. The highest BCUT2D eigenvalue weighted by Crippen LogP contribution is 2.19. The first-order chi connectivity index (χ1) is 10.0. The van der Waals surface area contributed by atoms with Gasteiger partial charge in [-0.2, -0.15) is 0 Å². The summed E-state index contributed by atoms with van der Waals surface area (Å²) in [5, 5.41) is 0. The lowest BCUT2D eigenvalue weighted by Gasteiger charge is -2.19. The van der Waals surface area contributed by atoms with Crippen LogP contribution in [-0.4, -0.2) is 23.7 Å². The maximum Gasteiger partial charge on any atom is 0.211 e. The van der Waals surface area contributed by atoms with Crippen LogP contribution in [0.5, 0.6) is 0 Å². The standard InChI is InChI=1S/C15H21N3O2S/c1-3-21(19,20)17-15(14-7-5-4-6-8-14)9-11-18-12-10-16-13(18)2/h4-8,10,12,15,17H,3,9,11H2,1-2H3. The molecule has 0 fully saturated rings. The van der Waals surface area contributed by atoms with Crippen LogP contribution < -0.4 is 4.72 Å². The Hall–Kier alpha value is -1.66. The number of nitrogens with one attached hydrogen (secondary N) is 1. The van der Waals surface area contributed by atoms with E-state index in [0.29, 0.717) is 6.42 Å². The third-order valence-corrected chi connectivity index (χ3v) is 4.89. The topological polar surface area (TPSA) is 64.0 Å². The van der Waals surface area contributed by atoms with Gasteiger partial charge < -0.3 is 4.57 Å². The summed E-state index contributed by atoms with van der Waals surface area (Å²) in [7, 11) is -3.24. The van der Waals surface area contributed by atoms with Crippen molar-refractivity contribution in [1.29, 1.82) is 0 Å². The highest BCUT2D eigenvalue weighted by atomic mass is 32.2. The van der Waals surface area contributed by atoms with Crippen LogP contribution in [0.4, 0.5) is 0 Å². The fourth-order valence-electron chi connectivity index (χ4n) is 2.19. The van der Waals surface area contributed by atoms with Crippen molar-refractivity contribution >= 4 is 10.0 Å². The lowest BCUT2D eigenvalue weighted by molar-refractivity contribution is 0.503. The fraction of sp³-hybridized carbons (Fsp3) is 0.400. The molecule has 1 aromatic carbocycles. The Labute approximate surface area is 126 Å². The van der Waals surface area contributed by atoms with Crippen molar-refractivity contribution in [2.24, 2.45) is 0 Å². The molecule has 1 unspecified atom stereocenters. The van der Waals surface area contributed by atoms with Crippen molar-refractivity contribution in [2.75, 3.05) is 5.75 Å². The number of aryl methyl sites for hydroxylation is 2. The third-order valence-electron chi connectivity index (χ3n) is 3.49. The van der Waals surface area contributed by atoms with Gasteiger partial charge in [0.25, 0.3) is 0 Å².